The molecule has 3 rings (SSSR count). The van der Waals surface area contributed by atoms with Crippen molar-refractivity contribution >= 4 is 32.2 Å². The van der Waals surface area contributed by atoms with Crippen molar-refractivity contribution in [3.63, 3.8) is 0 Å². The standard InChI is InChI=1S/C14H14BrN3S/c1-9(2)7-13-17-18-8-12(16-14(18)19-13)10-3-5-11(15)6-4-10/h3-6,8-9H,7H2,1-2H3. The van der Waals surface area contributed by atoms with Gasteiger partial charge < -0.3 is 0 Å². The summed E-state index contributed by atoms with van der Waals surface area (Å²) in [5.74, 6) is 0.627. The van der Waals surface area contributed by atoms with Crippen LogP contribution in [-0.4, -0.2) is 14.6 Å². The number of hydrogen-bond acceptors (Lipinski definition) is 3. The highest BCUT2D eigenvalue weighted by Gasteiger charge is 2.10. The third-order valence-corrected chi connectivity index (χ3v) is 4.28. The van der Waals surface area contributed by atoms with Gasteiger partial charge in [-0.2, -0.15) is 5.10 Å². The topological polar surface area (TPSA) is 30.2 Å². The molecule has 0 fully saturated rings. The lowest BCUT2D eigenvalue weighted by Crippen LogP contribution is -1.94. The van der Waals surface area contributed by atoms with Crippen LogP contribution in [0.4, 0.5) is 0 Å². The van der Waals surface area contributed by atoms with E-state index in [1.165, 1.54) is 0 Å². The number of aromatic nitrogens is 3. The van der Waals surface area contributed by atoms with Crippen LogP contribution in [0.5, 0.6) is 0 Å². The summed E-state index contributed by atoms with van der Waals surface area (Å²) in [6.45, 7) is 4.41. The highest BCUT2D eigenvalue weighted by Crippen LogP contribution is 2.24. The van der Waals surface area contributed by atoms with Crippen LogP contribution in [0, 0.1) is 5.92 Å². The Hall–Kier alpha value is -1.20. The lowest BCUT2D eigenvalue weighted by Gasteiger charge is -1.98. The minimum atomic E-state index is 0.627. The fourth-order valence-corrected chi connectivity index (χ4v) is 3.28. The molecule has 5 heteroatoms. The molecule has 98 valence electrons. The van der Waals surface area contributed by atoms with E-state index in [1.807, 2.05) is 22.8 Å². The Morgan fingerprint density at radius 3 is 2.63 bits per heavy atom. The van der Waals surface area contributed by atoms with E-state index in [-0.39, 0.29) is 0 Å². The smallest absolute Gasteiger partial charge is 0.212 e. The summed E-state index contributed by atoms with van der Waals surface area (Å²) < 4.78 is 2.97. The first-order valence-electron chi connectivity index (χ1n) is 6.23. The minimum Gasteiger partial charge on any atom is -0.217 e. The molecule has 1 aromatic carbocycles. The molecule has 0 saturated heterocycles. The molecule has 0 atom stereocenters. The fraction of sp³-hybridized carbons (Fsp3) is 0.286. The van der Waals surface area contributed by atoms with Crippen LogP contribution in [0.25, 0.3) is 16.2 Å². The van der Waals surface area contributed by atoms with Crippen molar-refractivity contribution in [2.75, 3.05) is 0 Å². The molecular weight excluding hydrogens is 322 g/mol. The Morgan fingerprint density at radius 2 is 2.00 bits per heavy atom. The first kappa shape index (κ1) is 12.8. The van der Waals surface area contributed by atoms with Gasteiger partial charge in [-0.25, -0.2) is 9.50 Å². The van der Waals surface area contributed by atoms with Crippen LogP contribution in [-0.2, 0) is 6.42 Å². The second-order valence-electron chi connectivity index (χ2n) is 4.95. The van der Waals surface area contributed by atoms with Gasteiger partial charge >= 0.3 is 0 Å². The van der Waals surface area contributed by atoms with Crippen molar-refractivity contribution < 1.29 is 0 Å². The van der Waals surface area contributed by atoms with Crippen LogP contribution in [0.3, 0.4) is 0 Å². The van der Waals surface area contributed by atoms with Gasteiger partial charge in [-0.05, 0) is 18.1 Å². The van der Waals surface area contributed by atoms with Crippen molar-refractivity contribution in [1.82, 2.24) is 14.6 Å². The van der Waals surface area contributed by atoms with Crippen molar-refractivity contribution in [1.29, 1.82) is 0 Å². The quantitative estimate of drug-likeness (QED) is 0.709. The summed E-state index contributed by atoms with van der Waals surface area (Å²) in [7, 11) is 0. The van der Waals surface area contributed by atoms with Gasteiger partial charge in [0.1, 0.15) is 5.01 Å². The summed E-state index contributed by atoms with van der Waals surface area (Å²) >= 11 is 5.12. The van der Waals surface area contributed by atoms with Crippen molar-refractivity contribution in [3.05, 3.63) is 39.9 Å². The molecule has 0 spiro atoms. The molecule has 0 N–H and O–H groups in total. The fourth-order valence-electron chi connectivity index (χ4n) is 1.93. The Morgan fingerprint density at radius 1 is 1.26 bits per heavy atom. The molecule has 3 nitrogen and oxygen atoms in total. The van der Waals surface area contributed by atoms with Crippen LogP contribution < -0.4 is 0 Å². The molecule has 0 radical (unpaired) electrons. The highest BCUT2D eigenvalue weighted by atomic mass is 79.9. The van der Waals surface area contributed by atoms with Crippen molar-refractivity contribution in [2.24, 2.45) is 5.92 Å². The summed E-state index contributed by atoms with van der Waals surface area (Å²) in [4.78, 5) is 5.61. The zero-order chi connectivity index (χ0) is 13.4. The molecule has 19 heavy (non-hydrogen) atoms. The number of fused-ring (bicyclic) bond motifs is 1. The van der Waals surface area contributed by atoms with E-state index in [1.54, 1.807) is 11.3 Å². The molecule has 2 aromatic heterocycles. The molecule has 0 aliphatic rings. The third-order valence-electron chi connectivity index (χ3n) is 2.81. The van der Waals surface area contributed by atoms with Gasteiger partial charge in [0.05, 0.1) is 11.9 Å². The van der Waals surface area contributed by atoms with Crippen molar-refractivity contribution in [2.45, 2.75) is 20.3 Å². The number of halogens is 1. The van der Waals surface area contributed by atoms with E-state index in [9.17, 15) is 0 Å². The van der Waals surface area contributed by atoms with E-state index in [2.05, 4.69) is 52.0 Å². The zero-order valence-electron chi connectivity index (χ0n) is 10.8. The average Bonchev–Trinajstić information content (AvgIpc) is 2.86. The molecule has 2 heterocycles. The van der Waals surface area contributed by atoms with E-state index < -0.39 is 0 Å². The van der Waals surface area contributed by atoms with Gasteiger partial charge in [0.2, 0.25) is 4.96 Å². The Labute approximate surface area is 124 Å². The molecule has 3 aromatic rings. The Bertz CT molecular complexity index is 666. The average molecular weight is 336 g/mol. The monoisotopic (exact) mass is 335 g/mol. The third kappa shape index (κ3) is 2.72. The SMILES string of the molecule is CC(C)Cc1nn2cc(-c3ccc(Br)cc3)nc2s1. The van der Waals surface area contributed by atoms with Gasteiger partial charge in [0, 0.05) is 16.5 Å². The molecule has 0 aliphatic carbocycles. The number of rotatable bonds is 3. The first-order chi connectivity index (χ1) is 9.11. The first-order valence-corrected chi connectivity index (χ1v) is 7.84. The molecule has 0 aliphatic heterocycles. The lowest BCUT2D eigenvalue weighted by molar-refractivity contribution is 0.637. The van der Waals surface area contributed by atoms with Gasteiger partial charge in [-0.3, -0.25) is 0 Å². The Kier molecular flexibility index (Phi) is 3.41. The van der Waals surface area contributed by atoms with E-state index >= 15 is 0 Å². The summed E-state index contributed by atoms with van der Waals surface area (Å²) in [6, 6.07) is 8.18. The predicted molar refractivity (Wildman–Crippen MR) is 82.5 cm³/mol. The lowest BCUT2D eigenvalue weighted by atomic mass is 10.1. The van der Waals surface area contributed by atoms with Crippen LogP contribution in [0.1, 0.15) is 18.9 Å². The maximum absolute atomic E-state index is 4.64. The molecule has 0 bridgehead atoms. The molecular formula is C14H14BrN3S. The van der Waals surface area contributed by atoms with Crippen LogP contribution in [0.15, 0.2) is 34.9 Å². The number of nitrogens with zero attached hydrogens (tertiary/aromatic N) is 3. The van der Waals surface area contributed by atoms with Crippen LogP contribution in [0.2, 0.25) is 0 Å². The van der Waals surface area contributed by atoms with E-state index in [0.717, 1.165) is 32.1 Å². The number of benzene rings is 1. The molecule has 0 unspecified atom stereocenters. The zero-order valence-corrected chi connectivity index (χ0v) is 13.2. The second kappa shape index (κ2) is 5.06. The summed E-state index contributed by atoms with van der Waals surface area (Å²) in [6.07, 6.45) is 3.01. The predicted octanol–water partition coefficient (Wildman–Crippen LogP) is 4.42. The number of hydrogen-bond donors (Lipinski definition) is 0. The normalized spacial score (nSPS) is 11.6. The van der Waals surface area contributed by atoms with Crippen molar-refractivity contribution in [3.8, 4) is 11.3 Å². The summed E-state index contributed by atoms with van der Waals surface area (Å²) in [5.41, 5.74) is 2.09. The van der Waals surface area contributed by atoms with Gasteiger partial charge in [0.15, 0.2) is 0 Å². The second-order valence-corrected chi connectivity index (χ2v) is 6.91. The minimum absolute atomic E-state index is 0.627. The van der Waals surface area contributed by atoms with Gasteiger partial charge in [-0.15, -0.1) is 0 Å². The molecule has 0 amide bonds. The van der Waals surface area contributed by atoms with Gasteiger partial charge in [-0.1, -0.05) is 53.2 Å². The van der Waals surface area contributed by atoms with E-state index in [4.69, 9.17) is 0 Å². The molecule has 0 saturated carbocycles. The van der Waals surface area contributed by atoms with E-state index in [0.29, 0.717) is 5.92 Å². The largest absolute Gasteiger partial charge is 0.217 e. The van der Waals surface area contributed by atoms with Crippen LogP contribution >= 0.6 is 27.3 Å². The highest BCUT2D eigenvalue weighted by molar-refractivity contribution is 9.10. The summed E-state index contributed by atoms with van der Waals surface area (Å²) in [5, 5.41) is 5.73. The Balaban J connectivity index is 1.94. The number of imidazole rings is 1. The maximum atomic E-state index is 4.64. The maximum Gasteiger partial charge on any atom is 0.212 e. The van der Waals surface area contributed by atoms with Gasteiger partial charge in [0.25, 0.3) is 0 Å².